The van der Waals surface area contributed by atoms with E-state index in [-0.39, 0.29) is 5.56 Å². The molecule has 132 valence electrons. The van der Waals surface area contributed by atoms with Gasteiger partial charge in [0.15, 0.2) is 0 Å². The van der Waals surface area contributed by atoms with Crippen LogP contribution in [-0.4, -0.2) is 21.3 Å². The molecule has 0 aliphatic heterocycles. The Kier molecular flexibility index (Phi) is 4.26. The molecule has 0 spiro atoms. The molecule has 0 unspecified atom stereocenters. The topological polar surface area (TPSA) is 72.3 Å². The van der Waals surface area contributed by atoms with Gasteiger partial charge in [0.25, 0.3) is 0 Å². The van der Waals surface area contributed by atoms with Crippen molar-refractivity contribution in [2.75, 3.05) is 0 Å². The molecule has 1 aromatic heterocycles. The van der Waals surface area contributed by atoms with Crippen LogP contribution >= 0.6 is 0 Å². The Morgan fingerprint density at radius 2 is 1.78 bits per heavy atom. The van der Waals surface area contributed by atoms with Gasteiger partial charge in [-0.25, -0.2) is 4.79 Å². The first-order valence-electron chi connectivity index (χ1n) is 8.44. The molecule has 0 amide bonds. The summed E-state index contributed by atoms with van der Waals surface area (Å²) in [5.41, 5.74) is 3.18. The van der Waals surface area contributed by atoms with E-state index < -0.39 is 5.97 Å². The molecule has 0 aliphatic rings. The summed E-state index contributed by atoms with van der Waals surface area (Å²) in [7, 11) is 0. The Balaban J connectivity index is 1.73. The average Bonchev–Trinajstić information content (AvgIpc) is 2.68. The summed E-state index contributed by atoms with van der Waals surface area (Å²) in [6, 6.07) is 20.1. The predicted molar refractivity (Wildman–Crippen MR) is 103 cm³/mol. The van der Waals surface area contributed by atoms with Gasteiger partial charge in [-0.1, -0.05) is 30.3 Å². The second-order valence-corrected chi connectivity index (χ2v) is 6.19. The molecule has 27 heavy (non-hydrogen) atoms. The van der Waals surface area contributed by atoms with Crippen LogP contribution in [0.3, 0.4) is 0 Å². The Hall–Kier alpha value is -3.73. The Labute approximate surface area is 155 Å². The van der Waals surface area contributed by atoms with Crippen LogP contribution < -0.4 is 4.74 Å². The standard InChI is InChI=1S/C22H16N2O3/c1-14-5-2-3-8-19(14)21-20-10-9-18(12-16(20)13-23-24-21)27-17-7-4-6-15(11-17)22(25)26/h2-13H,1H3,(H,25,26). The van der Waals surface area contributed by atoms with Gasteiger partial charge in [0.1, 0.15) is 17.2 Å². The third kappa shape index (κ3) is 3.35. The molecule has 5 heteroatoms. The fraction of sp³-hybridized carbons (Fsp3) is 0.0455. The van der Waals surface area contributed by atoms with Gasteiger partial charge in [-0.05, 0) is 48.9 Å². The number of carbonyl (C=O) groups is 1. The molecular formula is C22H16N2O3. The highest BCUT2D eigenvalue weighted by Crippen LogP contribution is 2.31. The molecule has 0 saturated heterocycles. The Morgan fingerprint density at radius 1 is 0.963 bits per heavy atom. The maximum absolute atomic E-state index is 11.1. The van der Waals surface area contributed by atoms with Gasteiger partial charge < -0.3 is 9.84 Å². The number of fused-ring (bicyclic) bond motifs is 1. The van der Waals surface area contributed by atoms with Crippen LogP contribution in [0.5, 0.6) is 11.5 Å². The van der Waals surface area contributed by atoms with Crippen molar-refractivity contribution in [2.45, 2.75) is 6.92 Å². The third-order valence-corrected chi connectivity index (χ3v) is 4.35. The van der Waals surface area contributed by atoms with E-state index in [4.69, 9.17) is 9.84 Å². The molecule has 1 heterocycles. The molecule has 1 N–H and O–H groups in total. The van der Waals surface area contributed by atoms with E-state index in [1.54, 1.807) is 18.3 Å². The lowest BCUT2D eigenvalue weighted by Crippen LogP contribution is -1.96. The summed E-state index contributed by atoms with van der Waals surface area (Å²) in [4.78, 5) is 11.1. The highest BCUT2D eigenvalue weighted by molar-refractivity contribution is 5.95. The summed E-state index contributed by atoms with van der Waals surface area (Å²) < 4.78 is 5.84. The minimum Gasteiger partial charge on any atom is -0.478 e. The maximum atomic E-state index is 11.1. The predicted octanol–water partition coefficient (Wildman–Crippen LogP) is 5.10. The Morgan fingerprint density at radius 3 is 2.59 bits per heavy atom. The number of benzene rings is 3. The van der Waals surface area contributed by atoms with Crippen molar-refractivity contribution < 1.29 is 14.6 Å². The van der Waals surface area contributed by atoms with Gasteiger partial charge in [-0.3, -0.25) is 0 Å². The van der Waals surface area contributed by atoms with Gasteiger partial charge in [0.05, 0.1) is 11.8 Å². The minimum absolute atomic E-state index is 0.181. The van der Waals surface area contributed by atoms with Crippen molar-refractivity contribution >= 4 is 16.7 Å². The van der Waals surface area contributed by atoms with E-state index in [0.717, 1.165) is 27.6 Å². The van der Waals surface area contributed by atoms with E-state index in [1.165, 1.54) is 12.1 Å². The quantitative estimate of drug-likeness (QED) is 0.551. The van der Waals surface area contributed by atoms with Gasteiger partial charge in [-0.2, -0.15) is 5.10 Å². The summed E-state index contributed by atoms with van der Waals surface area (Å²) in [6.45, 7) is 2.04. The summed E-state index contributed by atoms with van der Waals surface area (Å²) in [5.74, 6) is 0.0845. The number of rotatable bonds is 4. The average molecular weight is 356 g/mol. The molecule has 3 aromatic carbocycles. The van der Waals surface area contributed by atoms with Crippen LogP contribution in [-0.2, 0) is 0 Å². The molecular weight excluding hydrogens is 340 g/mol. The molecule has 0 fully saturated rings. The van der Waals surface area contributed by atoms with E-state index in [9.17, 15) is 4.79 Å². The highest BCUT2D eigenvalue weighted by atomic mass is 16.5. The first kappa shape index (κ1) is 16.7. The zero-order valence-corrected chi connectivity index (χ0v) is 14.6. The zero-order chi connectivity index (χ0) is 18.8. The minimum atomic E-state index is -0.989. The molecule has 0 bridgehead atoms. The first-order valence-corrected chi connectivity index (χ1v) is 8.44. The molecule has 0 radical (unpaired) electrons. The lowest BCUT2D eigenvalue weighted by Gasteiger charge is -2.10. The second kappa shape index (κ2) is 6.88. The van der Waals surface area contributed by atoms with Crippen molar-refractivity contribution in [3.05, 3.63) is 84.1 Å². The van der Waals surface area contributed by atoms with Crippen molar-refractivity contribution in [3.8, 4) is 22.8 Å². The van der Waals surface area contributed by atoms with Crippen molar-refractivity contribution in [2.24, 2.45) is 0 Å². The fourth-order valence-corrected chi connectivity index (χ4v) is 3.00. The molecule has 5 nitrogen and oxygen atoms in total. The SMILES string of the molecule is Cc1ccccc1-c1nncc2cc(Oc3cccc(C(=O)O)c3)ccc12. The number of hydrogen-bond acceptors (Lipinski definition) is 4. The van der Waals surface area contributed by atoms with Crippen molar-refractivity contribution in [3.63, 3.8) is 0 Å². The molecule has 0 saturated carbocycles. The van der Waals surface area contributed by atoms with E-state index in [1.807, 2.05) is 49.4 Å². The summed E-state index contributed by atoms with van der Waals surface area (Å²) >= 11 is 0. The van der Waals surface area contributed by atoms with E-state index in [2.05, 4.69) is 10.2 Å². The molecule has 0 atom stereocenters. The number of carboxylic acids is 1. The van der Waals surface area contributed by atoms with Gasteiger partial charge in [-0.15, -0.1) is 5.10 Å². The number of nitrogens with zero attached hydrogens (tertiary/aromatic N) is 2. The van der Waals surface area contributed by atoms with Gasteiger partial charge >= 0.3 is 5.97 Å². The summed E-state index contributed by atoms with van der Waals surface area (Å²) in [6.07, 6.45) is 1.69. The molecule has 4 rings (SSSR count). The lowest BCUT2D eigenvalue weighted by molar-refractivity contribution is 0.0696. The van der Waals surface area contributed by atoms with Crippen LogP contribution in [0.25, 0.3) is 22.0 Å². The van der Waals surface area contributed by atoms with E-state index in [0.29, 0.717) is 11.5 Å². The molecule has 4 aromatic rings. The number of carboxylic acid groups (broad SMARTS) is 1. The monoisotopic (exact) mass is 356 g/mol. The lowest BCUT2D eigenvalue weighted by atomic mass is 10.0. The number of aromatic carboxylic acids is 1. The number of ether oxygens (including phenoxy) is 1. The number of aryl methyl sites for hydroxylation is 1. The fourth-order valence-electron chi connectivity index (χ4n) is 3.00. The zero-order valence-electron chi connectivity index (χ0n) is 14.6. The van der Waals surface area contributed by atoms with Crippen molar-refractivity contribution in [1.29, 1.82) is 0 Å². The van der Waals surface area contributed by atoms with E-state index >= 15 is 0 Å². The van der Waals surface area contributed by atoms with Crippen LogP contribution in [0, 0.1) is 6.92 Å². The molecule has 0 aliphatic carbocycles. The van der Waals surface area contributed by atoms with Crippen LogP contribution in [0.1, 0.15) is 15.9 Å². The normalized spacial score (nSPS) is 10.7. The number of aromatic nitrogens is 2. The van der Waals surface area contributed by atoms with Gasteiger partial charge in [0.2, 0.25) is 0 Å². The third-order valence-electron chi connectivity index (χ3n) is 4.35. The Bertz CT molecular complexity index is 1160. The highest BCUT2D eigenvalue weighted by Gasteiger charge is 2.10. The van der Waals surface area contributed by atoms with Crippen molar-refractivity contribution in [1.82, 2.24) is 10.2 Å². The van der Waals surface area contributed by atoms with Gasteiger partial charge in [0, 0.05) is 16.3 Å². The maximum Gasteiger partial charge on any atom is 0.335 e. The number of hydrogen-bond donors (Lipinski definition) is 1. The first-order chi connectivity index (χ1) is 13.1. The van der Waals surface area contributed by atoms with Crippen LogP contribution in [0.15, 0.2) is 72.9 Å². The largest absolute Gasteiger partial charge is 0.478 e. The smallest absolute Gasteiger partial charge is 0.335 e. The van der Waals surface area contributed by atoms with Crippen LogP contribution in [0.2, 0.25) is 0 Å². The van der Waals surface area contributed by atoms with Crippen LogP contribution in [0.4, 0.5) is 0 Å². The second-order valence-electron chi connectivity index (χ2n) is 6.19. The summed E-state index contributed by atoms with van der Waals surface area (Å²) in [5, 5.41) is 19.4.